The van der Waals surface area contributed by atoms with Crippen LogP contribution in [0.25, 0.3) is 0 Å². The first-order chi connectivity index (χ1) is 5.68. The molecule has 0 aliphatic carbocycles. The van der Waals surface area contributed by atoms with Crippen LogP contribution in [0.1, 0.15) is 0 Å². The fraction of sp³-hybridized carbons (Fsp3) is 0.143. The molecular formula is C7H9FN4. The van der Waals surface area contributed by atoms with Crippen LogP contribution in [0.2, 0.25) is 0 Å². The Morgan fingerprint density at radius 2 is 2.25 bits per heavy atom. The topological polar surface area (TPSA) is 44.5 Å². The van der Waals surface area contributed by atoms with Crippen LogP contribution in [0.3, 0.4) is 0 Å². The van der Waals surface area contributed by atoms with Gasteiger partial charge < -0.3 is 0 Å². The minimum atomic E-state index is -0.273. The van der Waals surface area contributed by atoms with Crippen molar-refractivity contribution in [2.75, 3.05) is 17.6 Å². The first-order valence-corrected chi connectivity index (χ1v) is 3.53. The van der Waals surface area contributed by atoms with Gasteiger partial charge in [0.2, 0.25) is 0 Å². The summed E-state index contributed by atoms with van der Waals surface area (Å²) < 4.78 is 12.7. The molecule has 4 nitrogen and oxygen atoms in total. The molecule has 1 aliphatic rings. The van der Waals surface area contributed by atoms with Gasteiger partial charge in [-0.2, -0.15) is 0 Å². The van der Waals surface area contributed by atoms with Crippen molar-refractivity contribution in [3.05, 3.63) is 24.0 Å². The Hall–Kier alpha value is -1.33. The van der Waals surface area contributed by atoms with Crippen molar-refractivity contribution in [1.29, 1.82) is 0 Å². The normalized spacial score (nSPS) is 16.1. The summed E-state index contributed by atoms with van der Waals surface area (Å²) in [4.78, 5) is 0. The number of benzene rings is 1. The summed E-state index contributed by atoms with van der Waals surface area (Å²) in [6, 6.07) is 4.40. The zero-order chi connectivity index (χ0) is 8.72. The molecule has 0 radical (unpaired) electrons. The second-order valence-corrected chi connectivity index (χ2v) is 2.64. The van der Waals surface area contributed by atoms with E-state index in [0.29, 0.717) is 5.69 Å². The smallest absolute Gasteiger partial charge is 0.125 e. The number of hydrogen-bond acceptors (Lipinski definition) is 4. The summed E-state index contributed by atoms with van der Waals surface area (Å²) in [7, 11) is 1.75. The van der Waals surface area contributed by atoms with Crippen molar-refractivity contribution < 1.29 is 4.39 Å². The number of nitrogens with two attached hydrogens (primary N) is 1. The molecule has 0 spiro atoms. The van der Waals surface area contributed by atoms with Gasteiger partial charge in [0.15, 0.2) is 0 Å². The predicted molar refractivity (Wildman–Crippen MR) is 44.5 cm³/mol. The van der Waals surface area contributed by atoms with Crippen LogP contribution >= 0.6 is 0 Å². The van der Waals surface area contributed by atoms with E-state index >= 15 is 0 Å². The van der Waals surface area contributed by atoms with E-state index in [0.717, 1.165) is 5.69 Å². The number of fused-ring (bicyclic) bond motifs is 1. The molecule has 64 valence electrons. The molecule has 1 heterocycles. The van der Waals surface area contributed by atoms with Crippen molar-refractivity contribution >= 4 is 11.4 Å². The predicted octanol–water partition coefficient (Wildman–Crippen LogP) is 0.693. The van der Waals surface area contributed by atoms with Gasteiger partial charge in [0.25, 0.3) is 0 Å². The summed E-state index contributed by atoms with van der Waals surface area (Å²) >= 11 is 0. The maximum Gasteiger partial charge on any atom is 0.125 e. The third-order valence-corrected chi connectivity index (χ3v) is 1.81. The number of halogens is 1. The van der Waals surface area contributed by atoms with Crippen LogP contribution in [0, 0.1) is 5.82 Å². The minimum Gasteiger partial charge on any atom is -0.298 e. The van der Waals surface area contributed by atoms with Gasteiger partial charge >= 0.3 is 0 Å². The Morgan fingerprint density at radius 3 is 3.00 bits per heavy atom. The number of anilines is 2. The molecule has 2 rings (SSSR count). The molecule has 0 atom stereocenters. The highest BCUT2D eigenvalue weighted by molar-refractivity contribution is 5.72. The van der Waals surface area contributed by atoms with Gasteiger partial charge in [-0.25, -0.2) is 15.4 Å². The first-order valence-electron chi connectivity index (χ1n) is 3.53. The van der Waals surface area contributed by atoms with Crippen LogP contribution < -0.4 is 16.4 Å². The van der Waals surface area contributed by atoms with Crippen LogP contribution in [0.15, 0.2) is 18.2 Å². The number of hydrazine groups is 3. The largest absolute Gasteiger partial charge is 0.298 e. The Kier molecular flexibility index (Phi) is 1.42. The fourth-order valence-corrected chi connectivity index (χ4v) is 1.19. The summed E-state index contributed by atoms with van der Waals surface area (Å²) in [6.07, 6.45) is 0. The lowest BCUT2D eigenvalue weighted by atomic mass is 10.3. The van der Waals surface area contributed by atoms with Crippen LogP contribution in [0.5, 0.6) is 0 Å². The van der Waals surface area contributed by atoms with E-state index in [1.807, 2.05) is 0 Å². The van der Waals surface area contributed by atoms with Gasteiger partial charge in [-0.15, -0.1) is 5.12 Å². The molecule has 12 heavy (non-hydrogen) atoms. The summed E-state index contributed by atoms with van der Waals surface area (Å²) in [5.74, 6) is 5.34. The number of hydrogen-bond donors (Lipinski definition) is 2. The maximum atomic E-state index is 12.7. The molecule has 1 aromatic carbocycles. The third kappa shape index (κ3) is 0.910. The zero-order valence-electron chi connectivity index (χ0n) is 6.58. The average Bonchev–Trinajstić information content (AvgIpc) is 2.28. The number of nitrogens with zero attached hydrogens (tertiary/aromatic N) is 2. The lowest BCUT2D eigenvalue weighted by molar-refractivity contribution is 0.391. The Labute approximate surface area is 69.3 Å². The van der Waals surface area contributed by atoms with Crippen molar-refractivity contribution in [3.63, 3.8) is 0 Å². The van der Waals surface area contributed by atoms with Crippen LogP contribution in [0.4, 0.5) is 15.8 Å². The fourth-order valence-electron chi connectivity index (χ4n) is 1.19. The van der Waals surface area contributed by atoms with E-state index < -0.39 is 0 Å². The maximum absolute atomic E-state index is 12.7. The van der Waals surface area contributed by atoms with Gasteiger partial charge in [-0.1, -0.05) is 0 Å². The summed E-state index contributed by atoms with van der Waals surface area (Å²) in [6.45, 7) is 0. The summed E-state index contributed by atoms with van der Waals surface area (Å²) in [5.41, 5.74) is 4.33. The van der Waals surface area contributed by atoms with Crippen LogP contribution in [-0.4, -0.2) is 12.2 Å². The molecule has 0 unspecified atom stereocenters. The average molecular weight is 168 g/mol. The van der Waals surface area contributed by atoms with Crippen molar-refractivity contribution in [3.8, 4) is 0 Å². The third-order valence-electron chi connectivity index (χ3n) is 1.81. The van der Waals surface area contributed by atoms with Crippen molar-refractivity contribution in [2.24, 2.45) is 5.84 Å². The first kappa shape index (κ1) is 7.33. The Morgan fingerprint density at radius 1 is 1.50 bits per heavy atom. The monoisotopic (exact) mass is 168 g/mol. The molecule has 0 fully saturated rings. The van der Waals surface area contributed by atoms with E-state index in [4.69, 9.17) is 5.84 Å². The molecule has 0 amide bonds. The summed E-state index contributed by atoms with van der Waals surface area (Å²) in [5, 5.41) is 2.99. The van der Waals surface area contributed by atoms with Gasteiger partial charge in [0, 0.05) is 13.1 Å². The molecular weight excluding hydrogens is 159 g/mol. The number of rotatable bonds is 0. The SMILES string of the molecule is CN1Nc2cc(F)ccc2N1N. The van der Waals surface area contributed by atoms with Gasteiger partial charge in [-0.05, 0) is 12.1 Å². The standard InChI is InChI=1S/C7H9FN4/c1-11-10-6-4-5(8)2-3-7(6)12(11)9/h2-4,10H,9H2,1H3. The van der Waals surface area contributed by atoms with Gasteiger partial charge in [0.1, 0.15) is 5.82 Å². The van der Waals surface area contributed by atoms with Gasteiger partial charge in [-0.3, -0.25) is 5.43 Å². The van der Waals surface area contributed by atoms with Crippen molar-refractivity contribution in [2.45, 2.75) is 0 Å². The van der Waals surface area contributed by atoms with E-state index in [9.17, 15) is 4.39 Å². The second-order valence-electron chi connectivity index (χ2n) is 2.64. The zero-order valence-corrected chi connectivity index (χ0v) is 6.58. The molecule has 0 bridgehead atoms. The molecule has 3 N–H and O–H groups in total. The Bertz CT molecular complexity index is 314. The molecule has 1 aliphatic heterocycles. The molecule has 5 heteroatoms. The highest BCUT2D eigenvalue weighted by Gasteiger charge is 2.20. The van der Waals surface area contributed by atoms with E-state index in [1.165, 1.54) is 17.3 Å². The Balaban J connectivity index is 2.47. The molecule has 0 saturated carbocycles. The molecule has 0 aromatic heterocycles. The number of nitrogens with one attached hydrogen (secondary N) is 1. The molecule has 0 saturated heterocycles. The lowest BCUT2D eigenvalue weighted by Gasteiger charge is -2.18. The lowest BCUT2D eigenvalue weighted by Crippen LogP contribution is -2.43. The van der Waals surface area contributed by atoms with E-state index in [1.54, 1.807) is 18.2 Å². The van der Waals surface area contributed by atoms with E-state index in [-0.39, 0.29) is 5.82 Å². The van der Waals surface area contributed by atoms with Crippen molar-refractivity contribution in [1.82, 2.24) is 5.12 Å². The quantitative estimate of drug-likeness (QED) is 0.559. The highest BCUT2D eigenvalue weighted by atomic mass is 19.1. The highest BCUT2D eigenvalue weighted by Crippen LogP contribution is 2.30. The second kappa shape index (κ2) is 2.33. The van der Waals surface area contributed by atoms with Gasteiger partial charge in [0.05, 0.1) is 11.4 Å². The molecule has 1 aromatic rings. The van der Waals surface area contributed by atoms with E-state index in [2.05, 4.69) is 5.43 Å². The minimum absolute atomic E-state index is 0.273. The van der Waals surface area contributed by atoms with Crippen LogP contribution in [-0.2, 0) is 0 Å².